The Kier molecular flexibility index (Phi) is 4.51. The van der Waals surface area contributed by atoms with Crippen molar-refractivity contribution in [2.24, 2.45) is 23.7 Å². The fourth-order valence-electron chi connectivity index (χ4n) is 4.06. The molecular formula is C18H16F3N5O4. The summed E-state index contributed by atoms with van der Waals surface area (Å²) in [5.74, 6) is -6.37. The lowest BCUT2D eigenvalue weighted by molar-refractivity contribution is -0.166. The van der Waals surface area contributed by atoms with E-state index in [0.29, 0.717) is 5.39 Å². The molecule has 0 saturated carbocycles. The van der Waals surface area contributed by atoms with E-state index in [1.165, 1.54) is 18.2 Å². The number of aromatic amines is 2. The molecule has 3 heterocycles. The van der Waals surface area contributed by atoms with Crippen LogP contribution in [0, 0.1) is 23.7 Å². The second-order valence-electron chi connectivity index (χ2n) is 7.37. The summed E-state index contributed by atoms with van der Waals surface area (Å²) in [4.78, 5) is 52.1. The van der Waals surface area contributed by atoms with Crippen LogP contribution in [0.25, 0.3) is 11.0 Å². The highest BCUT2D eigenvalue weighted by molar-refractivity contribution is 6.10. The van der Waals surface area contributed by atoms with Crippen molar-refractivity contribution in [2.45, 2.75) is 13.1 Å². The van der Waals surface area contributed by atoms with Crippen LogP contribution in [0.5, 0.6) is 0 Å². The van der Waals surface area contributed by atoms with Gasteiger partial charge in [-0.15, -0.1) is 0 Å². The van der Waals surface area contributed by atoms with Crippen LogP contribution in [-0.2, 0) is 14.4 Å². The lowest BCUT2D eigenvalue weighted by atomic mass is 9.71. The Morgan fingerprint density at radius 3 is 2.63 bits per heavy atom. The average Bonchev–Trinajstić information content (AvgIpc) is 3.14. The maximum absolute atomic E-state index is 13.0. The van der Waals surface area contributed by atoms with Gasteiger partial charge in [0, 0.05) is 6.07 Å². The minimum atomic E-state index is -4.74. The number of anilines is 1. The van der Waals surface area contributed by atoms with Crippen LogP contribution in [0.2, 0.25) is 0 Å². The van der Waals surface area contributed by atoms with Gasteiger partial charge in [-0.3, -0.25) is 29.2 Å². The van der Waals surface area contributed by atoms with Crippen LogP contribution in [0.15, 0.2) is 29.1 Å². The number of nitrogens with zero attached hydrogens (tertiary/aromatic N) is 2. The molecule has 30 heavy (non-hydrogen) atoms. The first-order valence-corrected chi connectivity index (χ1v) is 9.05. The quantitative estimate of drug-likeness (QED) is 0.505. The standard InChI is InChI=1S/C18H16F3N5O4/c1-7-2-3-8-12(17(30)26(16(8)29)6-18(19,20)21)11(7)15(28)23-14-9-4-5-10(27)22-13(9)24-25-14/h2-5,7-8,11-12H,6H2,1H3,(H3,22,23,24,25,27,28). The van der Waals surface area contributed by atoms with Gasteiger partial charge in [0.15, 0.2) is 5.65 Å². The van der Waals surface area contributed by atoms with Crippen molar-refractivity contribution in [3.8, 4) is 0 Å². The molecule has 2 aromatic heterocycles. The largest absolute Gasteiger partial charge is 0.406 e. The van der Waals surface area contributed by atoms with Crippen molar-refractivity contribution in [3.05, 3.63) is 34.6 Å². The van der Waals surface area contributed by atoms with Crippen molar-refractivity contribution >= 4 is 34.6 Å². The van der Waals surface area contributed by atoms with E-state index in [0.717, 1.165) is 0 Å². The lowest BCUT2D eigenvalue weighted by Gasteiger charge is -2.30. The number of aromatic nitrogens is 3. The second-order valence-corrected chi connectivity index (χ2v) is 7.37. The summed E-state index contributed by atoms with van der Waals surface area (Å²) in [7, 11) is 0. The van der Waals surface area contributed by atoms with Crippen LogP contribution < -0.4 is 10.9 Å². The van der Waals surface area contributed by atoms with Gasteiger partial charge in [0.25, 0.3) is 0 Å². The van der Waals surface area contributed by atoms with Gasteiger partial charge in [0.1, 0.15) is 12.4 Å². The summed E-state index contributed by atoms with van der Waals surface area (Å²) in [6.07, 6.45) is -1.79. The van der Waals surface area contributed by atoms with Crippen molar-refractivity contribution in [1.82, 2.24) is 20.1 Å². The molecule has 0 radical (unpaired) electrons. The molecule has 4 unspecified atom stereocenters. The summed E-state index contributed by atoms with van der Waals surface area (Å²) in [5, 5.41) is 9.43. The number of H-pyrrole nitrogens is 2. The van der Waals surface area contributed by atoms with Gasteiger partial charge < -0.3 is 10.3 Å². The Labute approximate surface area is 166 Å². The number of imide groups is 1. The van der Waals surface area contributed by atoms with Crippen molar-refractivity contribution in [2.75, 3.05) is 11.9 Å². The first-order valence-electron chi connectivity index (χ1n) is 9.05. The molecule has 1 saturated heterocycles. The zero-order valence-corrected chi connectivity index (χ0v) is 15.5. The number of hydrogen-bond acceptors (Lipinski definition) is 5. The first kappa shape index (κ1) is 19.9. The predicted molar refractivity (Wildman–Crippen MR) is 96.9 cm³/mol. The fourth-order valence-corrected chi connectivity index (χ4v) is 4.06. The van der Waals surface area contributed by atoms with E-state index in [2.05, 4.69) is 20.5 Å². The fraction of sp³-hybridized carbons (Fsp3) is 0.389. The molecule has 158 valence electrons. The third kappa shape index (κ3) is 3.27. The molecule has 4 rings (SSSR count). The molecule has 0 bridgehead atoms. The second kappa shape index (κ2) is 6.82. The van der Waals surface area contributed by atoms with E-state index < -0.39 is 54.1 Å². The SMILES string of the molecule is CC1C=CC2C(=O)N(CC(F)(F)F)C(=O)C2C1C(=O)Nc1[nH]nc2[nH]c(=O)ccc12. The number of fused-ring (bicyclic) bond motifs is 2. The summed E-state index contributed by atoms with van der Waals surface area (Å²) in [6, 6.07) is 2.68. The number of carbonyl (C=O) groups is 3. The van der Waals surface area contributed by atoms with E-state index in [1.807, 2.05) is 0 Å². The van der Waals surface area contributed by atoms with E-state index in [-0.39, 0.29) is 21.9 Å². The summed E-state index contributed by atoms with van der Waals surface area (Å²) >= 11 is 0. The maximum atomic E-state index is 13.0. The smallest absolute Gasteiger partial charge is 0.310 e. The number of rotatable bonds is 3. The highest BCUT2D eigenvalue weighted by Crippen LogP contribution is 2.42. The molecule has 1 fully saturated rings. The predicted octanol–water partition coefficient (Wildman–Crippen LogP) is 1.18. The van der Waals surface area contributed by atoms with Crippen LogP contribution in [0.4, 0.5) is 19.0 Å². The van der Waals surface area contributed by atoms with Crippen LogP contribution in [-0.4, -0.2) is 50.5 Å². The highest BCUT2D eigenvalue weighted by atomic mass is 19.4. The molecular weight excluding hydrogens is 407 g/mol. The molecule has 0 spiro atoms. The molecule has 4 atom stereocenters. The number of halogens is 3. The van der Waals surface area contributed by atoms with E-state index in [1.54, 1.807) is 13.0 Å². The van der Waals surface area contributed by atoms with Gasteiger partial charge in [-0.2, -0.15) is 18.3 Å². The summed E-state index contributed by atoms with van der Waals surface area (Å²) in [5.41, 5.74) is -0.184. The van der Waals surface area contributed by atoms with Gasteiger partial charge in [0.2, 0.25) is 23.3 Å². The molecule has 1 aliphatic carbocycles. The van der Waals surface area contributed by atoms with Crippen molar-refractivity contribution < 1.29 is 27.6 Å². The zero-order chi connectivity index (χ0) is 21.8. The molecule has 3 N–H and O–H groups in total. The molecule has 2 aromatic rings. The summed E-state index contributed by atoms with van der Waals surface area (Å²) < 4.78 is 38.4. The lowest BCUT2D eigenvalue weighted by Crippen LogP contribution is -2.42. The number of likely N-dealkylation sites (tertiary alicyclic amines) is 1. The minimum absolute atomic E-state index is 0.161. The first-order chi connectivity index (χ1) is 14.1. The van der Waals surface area contributed by atoms with Crippen LogP contribution in [0.1, 0.15) is 6.92 Å². The van der Waals surface area contributed by atoms with E-state index in [4.69, 9.17) is 0 Å². The zero-order valence-electron chi connectivity index (χ0n) is 15.5. The maximum Gasteiger partial charge on any atom is 0.406 e. The van der Waals surface area contributed by atoms with Gasteiger partial charge >= 0.3 is 6.18 Å². The Bertz CT molecular complexity index is 1130. The highest BCUT2D eigenvalue weighted by Gasteiger charge is 2.56. The van der Waals surface area contributed by atoms with Gasteiger partial charge in [-0.05, 0) is 12.0 Å². The monoisotopic (exact) mass is 423 g/mol. The summed E-state index contributed by atoms with van der Waals surface area (Å²) in [6.45, 7) is -0.0452. The number of allylic oxidation sites excluding steroid dienone is 1. The Balaban J connectivity index is 1.63. The van der Waals surface area contributed by atoms with Crippen LogP contribution >= 0.6 is 0 Å². The molecule has 0 aromatic carbocycles. The molecule has 1 aliphatic heterocycles. The Hall–Kier alpha value is -3.44. The number of alkyl halides is 3. The van der Waals surface area contributed by atoms with Gasteiger partial charge in [0.05, 0.1) is 23.1 Å². The minimum Gasteiger partial charge on any atom is -0.310 e. The number of pyridine rings is 1. The van der Waals surface area contributed by atoms with Crippen LogP contribution in [0.3, 0.4) is 0 Å². The Morgan fingerprint density at radius 2 is 1.93 bits per heavy atom. The van der Waals surface area contributed by atoms with Crippen molar-refractivity contribution in [1.29, 1.82) is 0 Å². The normalized spacial score (nSPS) is 26.3. The van der Waals surface area contributed by atoms with Gasteiger partial charge in [-0.1, -0.05) is 19.1 Å². The van der Waals surface area contributed by atoms with E-state index in [9.17, 15) is 32.3 Å². The number of nitrogens with one attached hydrogen (secondary N) is 3. The molecule has 12 heteroatoms. The number of hydrogen-bond donors (Lipinski definition) is 3. The van der Waals surface area contributed by atoms with E-state index >= 15 is 0 Å². The molecule has 9 nitrogen and oxygen atoms in total. The number of amides is 3. The van der Waals surface area contributed by atoms with Crippen molar-refractivity contribution in [3.63, 3.8) is 0 Å². The Morgan fingerprint density at radius 1 is 1.20 bits per heavy atom. The van der Waals surface area contributed by atoms with Gasteiger partial charge in [-0.25, -0.2) is 0 Å². The third-order valence-corrected chi connectivity index (χ3v) is 5.40. The third-order valence-electron chi connectivity index (χ3n) is 5.40. The molecule has 2 aliphatic rings. The molecule has 3 amide bonds. The topological polar surface area (TPSA) is 128 Å². The number of carbonyl (C=O) groups excluding carboxylic acids is 3. The average molecular weight is 423 g/mol.